The highest BCUT2D eigenvalue weighted by atomic mass is 19.3. The number of imide groups is 1. The first-order valence-corrected chi connectivity index (χ1v) is 21.3. The maximum atomic E-state index is 14.3. The number of nitrogens with zero attached hydrogens (tertiary/aromatic N) is 9. The van der Waals surface area contributed by atoms with E-state index in [-0.39, 0.29) is 66.0 Å². The Labute approximate surface area is 361 Å². The molecular weight excluding hydrogens is 801 g/mol. The summed E-state index contributed by atoms with van der Waals surface area (Å²) >= 11 is 0. The Bertz CT molecular complexity index is 2750. The number of alkyl halides is 2. The van der Waals surface area contributed by atoms with Crippen LogP contribution in [0.2, 0.25) is 0 Å². The van der Waals surface area contributed by atoms with Crippen molar-refractivity contribution in [3.63, 3.8) is 0 Å². The number of nitrogens with one attached hydrogen (secondary N) is 2. The number of morpholine rings is 1. The summed E-state index contributed by atoms with van der Waals surface area (Å²) in [6.07, 6.45) is 6.20. The number of hydrogen-bond donors (Lipinski definition) is 2. The maximum Gasteiger partial charge on any atom is 0.284 e. The number of fused-ring (bicyclic) bond motifs is 4. The Kier molecular flexibility index (Phi) is 9.72. The zero-order chi connectivity index (χ0) is 45.9. The average Bonchev–Trinajstić information content (AvgIpc) is 4.15. The van der Waals surface area contributed by atoms with Crippen molar-refractivity contribution >= 4 is 45.8 Å². The predicted octanol–water partition coefficient (Wildman–Crippen LogP) is 4.76. The molecule has 16 nitrogen and oxygen atoms in total. The number of ether oxygens (including phenoxy) is 2. The molecule has 5 aliphatic rings. The van der Waals surface area contributed by atoms with E-state index in [9.17, 15) is 23.2 Å². The van der Waals surface area contributed by atoms with Gasteiger partial charge in [0, 0.05) is 61.5 Å². The average molecular weight is 854 g/mol. The summed E-state index contributed by atoms with van der Waals surface area (Å²) in [7, 11) is 0. The van der Waals surface area contributed by atoms with Gasteiger partial charge in [-0.3, -0.25) is 29.1 Å². The minimum atomic E-state index is -2.89. The quantitative estimate of drug-likeness (QED) is 0.147. The van der Waals surface area contributed by atoms with Gasteiger partial charge in [-0.25, -0.2) is 18.3 Å². The molecule has 5 fully saturated rings. The number of carbonyl (C=O) groups excluding carboxylic acids is 3. The molecule has 4 aliphatic heterocycles. The third-order valence-corrected chi connectivity index (χ3v) is 13.0. The number of hydrogen-bond acceptors (Lipinski definition) is 11. The summed E-state index contributed by atoms with van der Waals surface area (Å²) in [4.78, 5) is 47.2. The fourth-order valence-corrected chi connectivity index (χ4v) is 9.76. The van der Waals surface area contributed by atoms with Gasteiger partial charge in [-0.2, -0.15) is 15.3 Å². The number of carbonyl (C=O) groups is 3. The number of aryl methyl sites for hydroxylation is 1. The number of piperidine rings is 2. The van der Waals surface area contributed by atoms with Gasteiger partial charge in [0.1, 0.15) is 18.0 Å². The van der Waals surface area contributed by atoms with Gasteiger partial charge >= 0.3 is 0 Å². The lowest BCUT2D eigenvalue weighted by atomic mass is 9.85. The van der Waals surface area contributed by atoms with Crippen LogP contribution in [-0.2, 0) is 26.0 Å². The van der Waals surface area contributed by atoms with Crippen LogP contribution in [0.4, 0.5) is 20.3 Å². The highest BCUT2D eigenvalue weighted by Crippen LogP contribution is 2.37. The minimum absolute atomic E-state index is 0.0408. The highest BCUT2D eigenvalue weighted by molar-refractivity contribution is 6.08. The lowest BCUT2D eigenvalue weighted by Gasteiger charge is -2.36. The molecule has 0 spiro atoms. The largest absolute Gasteiger partial charge is 0.374 e. The first-order valence-electron chi connectivity index (χ1n) is 23.3. The summed E-state index contributed by atoms with van der Waals surface area (Å²) in [6, 6.07) is 7.06. The molecule has 3 atom stereocenters. The molecular formula is C44H49F2N11O5. The van der Waals surface area contributed by atoms with Gasteiger partial charge in [0.25, 0.3) is 12.3 Å². The van der Waals surface area contributed by atoms with Crippen molar-refractivity contribution in [2.45, 2.75) is 94.4 Å². The lowest BCUT2D eigenvalue weighted by Crippen LogP contribution is -2.40. The molecule has 1 aliphatic carbocycles. The van der Waals surface area contributed by atoms with E-state index in [1.165, 1.54) is 16.9 Å². The van der Waals surface area contributed by atoms with Crippen LogP contribution >= 0.6 is 0 Å². The lowest BCUT2D eigenvalue weighted by molar-refractivity contribution is -0.134. The Morgan fingerprint density at radius 2 is 1.97 bits per heavy atom. The molecule has 62 heavy (non-hydrogen) atoms. The van der Waals surface area contributed by atoms with Crippen LogP contribution in [0.5, 0.6) is 0 Å². The summed E-state index contributed by atoms with van der Waals surface area (Å²) in [5, 5.41) is 18.3. The third kappa shape index (κ3) is 7.93. The van der Waals surface area contributed by atoms with Crippen LogP contribution in [0.25, 0.3) is 16.6 Å². The first kappa shape index (κ1) is 35.8. The molecule has 1 saturated carbocycles. The van der Waals surface area contributed by atoms with Gasteiger partial charge in [0.05, 0.1) is 66.8 Å². The van der Waals surface area contributed by atoms with E-state index in [0.29, 0.717) is 60.9 Å². The van der Waals surface area contributed by atoms with Gasteiger partial charge in [-0.05, 0) is 69.4 Å². The van der Waals surface area contributed by atoms with Crippen molar-refractivity contribution < 1.29 is 38.1 Å². The van der Waals surface area contributed by atoms with E-state index < -0.39 is 42.9 Å². The van der Waals surface area contributed by atoms with Gasteiger partial charge in [0.2, 0.25) is 11.8 Å². The van der Waals surface area contributed by atoms with E-state index in [1.54, 1.807) is 29.1 Å². The summed E-state index contributed by atoms with van der Waals surface area (Å²) < 4.78 is 77.7. The van der Waals surface area contributed by atoms with Crippen molar-refractivity contribution in [2.75, 3.05) is 49.6 Å². The van der Waals surface area contributed by atoms with Crippen molar-refractivity contribution in [2.24, 2.45) is 12.9 Å². The van der Waals surface area contributed by atoms with Crippen LogP contribution in [0.1, 0.15) is 109 Å². The number of rotatable bonds is 10. The molecule has 8 heterocycles. The number of aromatic nitrogens is 7. The van der Waals surface area contributed by atoms with Crippen LogP contribution < -0.4 is 15.5 Å². The molecule has 4 saturated heterocycles. The molecule has 18 heteroatoms. The second-order valence-corrected chi connectivity index (χ2v) is 16.9. The molecule has 1 unspecified atom stereocenters. The number of para-hydroxylation sites is 1. The van der Waals surface area contributed by atoms with Crippen molar-refractivity contribution in [3.8, 4) is 11.8 Å². The van der Waals surface area contributed by atoms with Crippen LogP contribution in [-0.4, -0.2) is 114 Å². The number of halogens is 2. The van der Waals surface area contributed by atoms with Crippen molar-refractivity contribution in [1.29, 1.82) is 0 Å². The molecule has 4 aromatic heterocycles. The van der Waals surface area contributed by atoms with E-state index in [0.717, 1.165) is 49.9 Å². The second kappa shape index (κ2) is 16.8. The van der Waals surface area contributed by atoms with Crippen LogP contribution in [0, 0.1) is 17.8 Å². The van der Waals surface area contributed by atoms with E-state index in [1.807, 2.05) is 6.07 Å². The van der Waals surface area contributed by atoms with Gasteiger partial charge in [0.15, 0.2) is 11.3 Å². The predicted molar refractivity (Wildman–Crippen MR) is 223 cm³/mol. The summed E-state index contributed by atoms with van der Waals surface area (Å²) in [5.41, 5.74) is 0.909. The molecule has 324 valence electrons. The number of anilines is 2. The number of likely N-dealkylation sites (tertiary alicyclic amines) is 1. The van der Waals surface area contributed by atoms with Gasteiger partial charge < -0.3 is 24.6 Å². The van der Waals surface area contributed by atoms with Crippen molar-refractivity contribution in [1.82, 2.24) is 44.4 Å². The second-order valence-electron chi connectivity index (χ2n) is 16.9. The molecule has 2 N–H and O–H groups in total. The van der Waals surface area contributed by atoms with Crippen LogP contribution in [0.15, 0.2) is 42.9 Å². The smallest absolute Gasteiger partial charge is 0.284 e. The number of benzene rings is 1. The topological polar surface area (TPSA) is 166 Å². The zero-order valence-corrected chi connectivity index (χ0v) is 33.9. The molecule has 5 aromatic rings. The molecule has 0 radical (unpaired) electrons. The minimum Gasteiger partial charge on any atom is -0.374 e. The van der Waals surface area contributed by atoms with Gasteiger partial charge in [-0.15, -0.1) is 0 Å². The third-order valence-electron chi connectivity index (χ3n) is 13.0. The highest BCUT2D eigenvalue weighted by Gasteiger charge is 2.40. The fourth-order valence-electron chi connectivity index (χ4n) is 9.76. The summed E-state index contributed by atoms with van der Waals surface area (Å²) in [5.74, 6) is 4.79. The van der Waals surface area contributed by atoms with Crippen LogP contribution in [0.3, 0.4) is 0 Å². The zero-order valence-electron chi connectivity index (χ0n) is 37.9. The van der Waals surface area contributed by atoms with E-state index in [4.69, 9.17) is 19.9 Å². The first-order chi connectivity index (χ1) is 31.7. The monoisotopic (exact) mass is 853 g/mol. The maximum absolute atomic E-state index is 14.3. The summed E-state index contributed by atoms with van der Waals surface area (Å²) in [6.45, 7) is 0.814. The van der Waals surface area contributed by atoms with Crippen molar-refractivity contribution in [3.05, 3.63) is 65.4 Å². The van der Waals surface area contributed by atoms with Gasteiger partial charge in [-0.1, -0.05) is 24.0 Å². The fraction of sp³-hybridized carbons (Fsp3) is 0.523. The Morgan fingerprint density at radius 3 is 2.73 bits per heavy atom. The molecule has 2 bridgehead atoms. The Hall–Kier alpha value is -5.77. The Morgan fingerprint density at radius 1 is 1.11 bits per heavy atom. The Balaban J connectivity index is 0.718. The van der Waals surface area contributed by atoms with E-state index in [2.05, 4.69) is 47.6 Å². The normalized spacial score (nSPS) is 26.2. The number of amides is 3. The molecule has 1 aromatic carbocycles. The van der Waals surface area contributed by atoms with E-state index >= 15 is 0 Å². The molecule has 10 rings (SSSR count). The molecule has 3 amide bonds. The standard InChI is InChI=1S/C44H49F2N11O5/c1-53-40-27(4-2-6-32(40)38(51-53)33-11-12-37(58)50-43(33)59)5-3-19-61-30-13-16-54(17-14-30)22-26-7-9-28(10-8-26)57-24-35(39(52-57)41(45)46)48-44(60)34-21-47-56-18-15-36(49-42(34)56)55-23-31-20-29(55)25-62-31/h2,4,6,15,18,21,24,26,28-31,33,41H,7-14,16-17,19-20,22-23,25H2,1H3,(H,48,60)(H,50,58,59)/t26?,28?,29-,31-,33?/m0/s1/i1D3,30D. The SMILES string of the molecule is [2H]C1(OCC#Cc2cccc3c(C4CCC(=O)NC4=O)nn(C([2H])([2H])[2H])c23)CCN(CC2CCC(n3cc(NC(=O)c4cnn5ccc(N6C[C@@H]7C[C@H]6CO7)nc45)c(C(F)F)n3)CC2)CC1.